The van der Waals surface area contributed by atoms with Crippen LogP contribution in [-0.2, 0) is 11.8 Å². The van der Waals surface area contributed by atoms with E-state index in [0.29, 0.717) is 33.4 Å². The zero-order valence-electron chi connectivity index (χ0n) is 14.9. The molecule has 0 radical (unpaired) electrons. The van der Waals surface area contributed by atoms with Gasteiger partial charge in [0.05, 0.1) is 24.1 Å². The molecule has 1 N–H and O–H groups in total. The lowest BCUT2D eigenvalue weighted by molar-refractivity contribution is -0.113. The van der Waals surface area contributed by atoms with Gasteiger partial charge in [0.25, 0.3) is 0 Å². The van der Waals surface area contributed by atoms with Crippen molar-refractivity contribution < 1.29 is 18.3 Å². The van der Waals surface area contributed by atoms with Crippen molar-refractivity contribution in [1.29, 1.82) is 0 Å². The molecule has 1 amide bonds. The number of aromatic nitrogens is 3. The second-order valence-corrected chi connectivity index (χ2v) is 7.05. The summed E-state index contributed by atoms with van der Waals surface area (Å²) in [5, 5.41) is 11.6. The fourth-order valence-corrected chi connectivity index (χ4v) is 3.32. The third-order valence-electron chi connectivity index (χ3n) is 3.77. The fraction of sp³-hybridized carbons (Fsp3) is 0.167. The number of carbonyl (C=O) groups excluding carboxylic acids is 1. The molecular weight excluding hydrogens is 410 g/mol. The van der Waals surface area contributed by atoms with Gasteiger partial charge < -0.3 is 14.6 Å². The van der Waals surface area contributed by atoms with Gasteiger partial charge in [-0.25, -0.2) is 8.78 Å². The number of methoxy groups -OCH3 is 1. The Morgan fingerprint density at radius 3 is 2.75 bits per heavy atom. The second-order valence-electron chi connectivity index (χ2n) is 5.67. The van der Waals surface area contributed by atoms with Crippen LogP contribution in [0.1, 0.15) is 0 Å². The van der Waals surface area contributed by atoms with E-state index in [0.717, 1.165) is 17.8 Å². The highest BCUT2D eigenvalue weighted by molar-refractivity contribution is 7.99. The van der Waals surface area contributed by atoms with E-state index in [1.54, 1.807) is 29.8 Å². The Labute approximate surface area is 168 Å². The number of anilines is 1. The maximum atomic E-state index is 13.6. The smallest absolute Gasteiger partial charge is 0.234 e. The topological polar surface area (TPSA) is 69.0 Å². The van der Waals surface area contributed by atoms with E-state index in [9.17, 15) is 13.6 Å². The van der Waals surface area contributed by atoms with Crippen LogP contribution in [0.25, 0.3) is 11.4 Å². The van der Waals surface area contributed by atoms with Crippen molar-refractivity contribution in [1.82, 2.24) is 14.8 Å². The SMILES string of the molecule is COc1ccc(Cl)cc1-c1nnc(SCC(=O)Nc2ccc(F)cc2F)n1C. The number of benzene rings is 2. The number of rotatable bonds is 6. The Morgan fingerprint density at radius 1 is 1.25 bits per heavy atom. The minimum atomic E-state index is -0.840. The first-order chi connectivity index (χ1) is 13.4. The molecule has 0 aliphatic heterocycles. The number of thioether (sulfide) groups is 1. The Kier molecular flexibility index (Phi) is 6.15. The van der Waals surface area contributed by atoms with Gasteiger partial charge >= 0.3 is 0 Å². The average Bonchev–Trinajstić information content (AvgIpc) is 3.02. The summed E-state index contributed by atoms with van der Waals surface area (Å²) in [6.07, 6.45) is 0. The van der Waals surface area contributed by atoms with Crippen molar-refractivity contribution >= 4 is 35.0 Å². The Hall–Kier alpha value is -2.65. The van der Waals surface area contributed by atoms with Crippen molar-refractivity contribution in [3.05, 3.63) is 53.1 Å². The van der Waals surface area contributed by atoms with Crippen molar-refractivity contribution in [2.75, 3.05) is 18.2 Å². The van der Waals surface area contributed by atoms with Crippen LogP contribution in [0.3, 0.4) is 0 Å². The number of carbonyl (C=O) groups is 1. The molecule has 3 aromatic rings. The van der Waals surface area contributed by atoms with Crippen LogP contribution >= 0.6 is 23.4 Å². The molecule has 0 saturated carbocycles. The largest absolute Gasteiger partial charge is 0.496 e. The summed E-state index contributed by atoms with van der Waals surface area (Å²) in [5.41, 5.74) is 0.573. The molecule has 3 rings (SSSR count). The first-order valence-electron chi connectivity index (χ1n) is 8.00. The van der Waals surface area contributed by atoms with Gasteiger partial charge in [-0.1, -0.05) is 23.4 Å². The number of halogens is 3. The van der Waals surface area contributed by atoms with Gasteiger partial charge in [0.15, 0.2) is 11.0 Å². The van der Waals surface area contributed by atoms with Crippen LogP contribution in [0, 0.1) is 11.6 Å². The van der Waals surface area contributed by atoms with Crippen molar-refractivity contribution in [3.8, 4) is 17.1 Å². The first-order valence-corrected chi connectivity index (χ1v) is 9.36. The molecule has 10 heteroatoms. The van der Waals surface area contributed by atoms with E-state index in [1.807, 2.05) is 0 Å². The van der Waals surface area contributed by atoms with Crippen molar-refractivity contribution in [2.24, 2.45) is 7.05 Å². The van der Waals surface area contributed by atoms with Gasteiger partial charge in [-0.2, -0.15) is 0 Å². The molecule has 0 atom stereocenters. The molecule has 0 bridgehead atoms. The minimum absolute atomic E-state index is 0.0323. The molecule has 0 spiro atoms. The molecular formula is C18H15ClF2N4O2S. The van der Waals surface area contributed by atoms with Crippen LogP contribution in [0.4, 0.5) is 14.5 Å². The van der Waals surface area contributed by atoms with Gasteiger partial charge in [0.2, 0.25) is 5.91 Å². The zero-order valence-corrected chi connectivity index (χ0v) is 16.4. The maximum absolute atomic E-state index is 13.6. The van der Waals surface area contributed by atoms with Crippen molar-refractivity contribution in [2.45, 2.75) is 5.16 Å². The Morgan fingerprint density at radius 2 is 2.04 bits per heavy atom. The summed E-state index contributed by atoms with van der Waals surface area (Å²) in [7, 11) is 3.28. The van der Waals surface area contributed by atoms with E-state index in [4.69, 9.17) is 16.3 Å². The summed E-state index contributed by atoms with van der Waals surface area (Å²) < 4.78 is 33.6. The lowest BCUT2D eigenvalue weighted by atomic mass is 10.2. The fourth-order valence-electron chi connectivity index (χ4n) is 2.44. The number of hydrogen-bond acceptors (Lipinski definition) is 5. The predicted molar refractivity (Wildman–Crippen MR) is 104 cm³/mol. The highest BCUT2D eigenvalue weighted by Gasteiger charge is 2.17. The third kappa shape index (κ3) is 4.42. The first kappa shape index (κ1) is 20.1. The zero-order chi connectivity index (χ0) is 20.3. The van der Waals surface area contributed by atoms with E-state index in [1.165, 1.54) is 13.2 Å². The number of ether oxygens (including phenoxy) is 1. The number of nitrogens with zero attached hydrogens (tertiary/aromatic N) is 3. The van der Waals surface area contributed by atoms with Gasteiger partial charge in [0, 0.05) is 18.1 Å². The highest BCUT2D eigenvalue weighted by atomic mass is 35.5. The summed E-state index contributed by atoms with van der Waals surface area (Å²) in [4.78, 5) is 12.1. The Balaban J connectivity index is 1.71. The van der Waals surface area contributed by atoms with Crippen molar-refractivity contribution in [3.63, 3.8) is 0 Å². The molecule has 6 nitrogen and oxygen atoms in total. The summed E-state index contributed by atoms with van der Waals surface area (Å²) in [5.74, 6) is -0.941. The van der Waals surface area contributed by atoms with Crippen LogP contribution in [0.15, 0.2) is 41.6 Å². The number of amides is 1. The van der Waals surface area contributed by atoms with E-state index >= 15 is 0 Å². The number of nitrogens with one attached hydrogen (secondary N) is 1. The van der Waals surface area contributed by atoms with Crippen LogP contribution < -0.4 is 10.1 Å². The summed E-state index contributed by atoms with van der Waals surface area (Å²) >= 11 is 7.18. The van der Waals surface area contributed by atoms with E-state index in [2.05, 4.69) is 15.5 Å². The predicted octanol–water partition coefficient (Wildman–Crippen LogP) is 4.15. The van der Waals surface area contributed by atoms with Gasteiger partial charge in [-0.15, -0.1) is 10.2 Å². The molecule has 1 heterocycles. The third-order valence-corrected chi connectivity index (χ3v) is 5.03. The van der Waals surface area contributed by atoms with Gasteiger partial charge in [0.1, 0.15) is 17.4 Å². The van der Waals surface area contributed by atoms with E-state index in [-0.39, 0.29) is 11.4 Å². The monoisotopic (exact) mass is 424 g/mol. The molecule has 28 heavy (non-hydrogen) atoms. The normalized spacial score (nSPS) is 10.8. The molecule has 0 aliphatic rings. The molecule has 0 unspecified atom stereocenters. The molecule has 0 aliphatic carbocycles. The lowest BCUT2D eigenvalue weighted by Crippen LogP contribution is -2.15. The molecule has 0 fully saturated rings. The van der Waals surface area contributed by atoms with E-state index < -0.39 is 17.5 Å². The highest BCUT2D eigenvalue weighted by Crippen LogP contribution is 2.32. The van der Waals surface area contributed by atoms with Crippen LogP contribution in [0.2, 0.25) is 5.02 Å². The number of hydrogen-bond donors (Lipinski definition) is 1. The Bertz CT molecular complexity index is 1030. The quantitative estimate of drug-likeness (QED) is 0.602. The molecule has 146 valence electrons. The lowest BCUT2D eigenvalue weighted by Gasteiger charge is -2.09. The van der Waals surface area contributed by atoms with Crippen LogP contribution in [0.5, 0.6) is 5.75 Å². The molecule has 1 aromatic heterocycles. The van der Waals surface area contributed by atoms with Gasteiger partial charge in [-0.05, 0) is 30.3 Å². The summed E-state index contributed by atoms with van der Waals surface area (Å²) in [6, 6.07) is 8.08. The molecule has 0 saturated heterocycles. The standard InChI is InChI=1S/C18H15ClF2N4O2S/c1-25-17(12-7-10(19)3-6-15(12)27-2)23-24-18(25)28-9-16(26)22-14-5-4-11(20)8-13(14)21/h3-8H,9H2,1-2H3,(H,22,26). The maximum Gasteiger partial charge on any atom is 0.234 e. The summed E-state index contributed by atoms with van der Waals surface area (Å²) in [6.45, 7) is 0. The van der Waals surface area contributed by atoms with Crippen LogP contribution in [-0.4, -0.2) is 33.5 Å². The molecule has 2 aromatic carbocycles. The minimum Gasteiger partial charge on any atom is -0.496 e. The second kappa shape index (κ2) is 8.57. The van der Waals surface area contributed by atoms with Gasteiger partial charge in [-0.3, -0.25) is 4.79 Å². The average molecular weight is 425 g/mol.